The molecule has 0 aromatic carbocycles. The molecule has 0 aliphatic heterocycles. The average Bonchev–Trinajstić information content (AvgIpc) is 0. The number of hydrogen-bond donors (Lipinski definition) is 0. The Balaban J connectivity index is 0. The van der Waals surface area contributed by atoms with Crippen molar-refractivity contribution in [2.45, 2.75) is 0 Å². The molecule has 0 aliphatic rings. The second-order valence-electron chi connectivity index (χ2n) is 0. The summed E-state index contributed by atoms with van der Waals surface area (Å²) < 4.78 is 0. The molecule has 0 rings (SSSR count). The first-order valence-corrected chi connectivity index (χ1v) is 0. The van der Waals surface area contributed by atoms with Crippen LogP contribution in [0.4, 0.5) is 0 Å². The molecule has 0 bridgehead atoms. The monoisotopic (exact) mass is 233 g/mol. The summed E-state index contributed by atoms with van der Waals surface area (Å²) in [6.07, 6.45) is 0. The molecule has 2 N–H and O–H groups in total. The molecule has 0 spiro atoms. The molecule has 0 heterocycles. The zero-order valence-electron chi connectivity index (χ0n) is 2.81. The van der Waals surface area contributed by atoms with Crippen LogP contribution in [0.3, 0.4) is 0 Å². The van der Waals surface area contributed by atoms with Crippen molar-refractivity contribution in [3.05, 3.63) is 0 Å². The molecule has 49 valence electrons. The molecule has 0 saturated heterocycles. The molecule has 0 fully saturated rings. The molecule has 0 unspecified atom stereocenters. The second kappa shape index (κ2) is 155. The summed E-state index contributed by atoms with van der Waals surface area (Å²) in [4.78, 5) is 0. The molecule has 0 amide bonds. The zero-order valence-corrected chi connectivity index (χ0v) is 6.20. The van der Waals surface area contributed by atoms with Crippen LogP contribution in [-0.4, -0.2) is 5.48 Å². The van der Waals surface area contributed by atoms with E-state index >= 15 is 0 Å². The first kappa shape index (κ1) is 235. The molecule has 7 heavy (non-hydrogen) atoms. The molecule has 0 saturated carbocycles. The fourth-order valence-electron chi connectivity index (χ4n) is 0. The van der Waals surface area contributed by atoms with Gasteiger partial charge >= 0.3 is 51.2 Å². The minimum absolute atomic E-state index is 0. The topological polar surface area (TPSA) is 117 Å². The zero-order chi connectivity index (χ0) is 0. The van der Waals surface area contributed by atoms with Gasteiger partial charge < -0.3 is 21.9 Å². The maximum atomic E-state index is 0. The van der Waals surface area contributed by atoms with Gasteiger partial charge in [-0.05, 0) is 0 Å². The minimum atomic E-state index is 0. The fourth-order valence-corrected chi connectivity index (χ4v) is 0. The van der Waals surface area contributed by atoms with E-state index in [9.17, 15) is 0 Å². The van der Waals surface area contributed by atoms with Gasteiger partial charge in [0.15, 0.2) is 0 Å². The minimum Gasteiger partial charge on any atom is -2.00 e. The third-order valence-corrected chi connectivity index (χ3v) is 0. The van der Waals surface area contributed by atoms with Crippen LogP contribution in [0.2, 0.25) is 0 Å². The summed E-state index contributed by atoms with van der Waals surface area (Å²) >= 11 is 0. The third-order valence-electron chi connectivity index (χ3n) is 0. The van der Waals surface area contributed by atoms with Gasteiger partial charge in [-0.3, -0.25) is 0 Å². The maximum Gasteiger partial charge on any atom is 2.00 e. The third kappa shape index (κ3) is 110. The Morgan fingerprint density at radius 3 is 0.571 bits per heavy atom. The van der Waals surface area contributed by atoms with Crippen LogP contribution in [0.1, 0.15) is 0 Å². The Labute approximate surface area is 73.1 Å². The standard InChI is InChI=1S/2Fe.Mn.H2O.3O/h;;;1H2;;;/q3*+2;;3*-2. The van der Waals surface area contributed by atoms with E-state index in [1.807, 2.05) is 0 Å². The molecule has 0 aliphatic carbocycles. The Bertz CT molecular complexity index is 9.65. The number of hydrogen-bond acceptors (Lipinski definition) is 0. The Morgan fingerprint density at radius 2 is 0.571 bits per heavy atom. The van der Waals surface area contributed by atoms with Crippen LogP contribution >= 0.6 is 0 Å². The quantitative estimate of drug-likeness (QED) is 0.467. The van der Waals surface area contributed by atoms with Crippen molar-refractivity contribution >= 4 is 0 Å². The number of rotatable bonds is 0. The van der Waals surface area contributed by atoms with Crippen LogP contribution in [0.5, 0.6) is 0 Å². The van der Waals surface area contributed by atoms with Crippen molar-refractivity contribution in [2.75, 3.05) is 0 Å². The fraction of sp³-hybridized carbons (Fsp3) is 0. The van der Waals surface area contributed by atoms with Gasteiger partial charge in [0.1, 0.15) is 0 Å². The van der Waals surface area contributed by atoms with Crippen LogP contribution in [0, 0.1) is 0 Å². The van der Waals surface area contributed by atoms with Crippen molar-refractivity contribution in [1.29, 1.82) is 0 Å². The van der Waals surface area contributed by atoms with E-state index in [4.69, 9.17) is 0 Å². The van der Waals surface area contributed by atoms with Gasteiger partial charge in [0, 0.05) is 0 Å². The van der Waals surface area contributed by atoms with Gasteiger partial charge in [-0.25, -0.2) is 0 Å². The summed E-state index contributed by atoms with van der Waals surface area (Å²) in [6, 6.07) is 0. The summed E-state index contributed by atoms with van der Waals surface area (Å²) in [5.74, 6) is 0. The van der Waals surface area contributed by atoms with E-state index in [1.54, 1.807) is 0 Å². The summed E-state index contributed by atoms with van der Waals surface area (Å²) in [5, 5.41) is 0. The van der Waals surface area contributed by atoms with Crippen molar-refractivity contribution in [3.8, 4) is 0 Å². The molecular weight excluding hydrogens is 231 g/mol. The molecule has 4 nitrogen and oxygen atoms in total. The van der Waals surface area contributed by atoms with Crippen LogP contribution in [0.25, 0.3) is 0 Å². The van der Waals surface area contributed by atoms with Crippen LogP contribution in [0.15, 0.2) is 0 Å². The SMILES string of the molecule is O.[Fe+2].[Fe+2].[Mn+2].[O-2].[O-2].[O-2]. The summed E-state index contributed by atoms with van der Waals surface area (Å²) in [7, 11) is 0. The smallest absolute Gasteiger partial charge is 2.00 e. The van der Waals surface area contributed by atoms with E-state index in [2.05, 4.69) is 0 Å². The Hall–Kier alpha value is 1.40. The van der Waals surface area contributed by atoms with Crippen molar-refractivity contribution in [3.63, 3.8) is 0 Å². The Kier molecular flexibility index (Phi) is 5200. The molecule has 0 aromatic heterocycles. The molecular formula is H2Fe2MnO4. The molecule has 7 heteroatoms. The maximum absolute atomic E-state index is 0. The molecule has 0 aromatic rings. The van der Waals surface area contributed by atoms with Gasteiger partial charge in [0.25, 0.3) is 0 Å². The van der Waals surface area contributed by atoms with E-state index in [-0.39, 0.29) is 73.1 Å². The van der Waals surface area contributed by atoms with Gasteiger partial charge in [-0.2, -0.15) is 0 Å². The van der Waals surface area contributed by atoms with Crippen molar-refractivity contribution in [1.82, 2.24) is 0 Å². The van der Waals surface area contributed by atoms with Gasteiger partial charge in [-0.1, -0.05) is 0 Å². The predicted octanol–water partition coefficient (Wildman–Crippen LogP) is -1.19. The van der Waals surface area contributed by atoms with E-state index in [1.165, 1.54) is 0 Å². The first-order valence-electron chi connectivity index (χ1n) is 0. The van der Waals surface area contributed by atoms with Crippen LogP contribution < -0.4 is 0 Å². The van der Waals surface area contributed by atoms with Gasteiger partial charge in [-0.15, -0.1) is 0 Å². The first-order chi connectivity index (χ1) is 0. The largest absolute Gasteiger partial charge is 2.00 e. The molecule has 0 atom stereocenters. The van der Waals surface area contributed by atoms with E-state index in [0.29, 0.717) is 0 Å². The van der Waals surface area contributed by atoms with Crippen molar-refractivity contribution in [2.24, 2.45) is 0 Å². The van der Waals surface area contributed by atoms with Gasteiger partial charge in [0.2, 0.25) is 0 Å². The summed E-state index contributed by atoms with van der Waals surface area (Å²) in [6.45, 7) is 0. The van der Waals surface area contributed by atoms with E-state index < -0.39 is 0 Å². The second-order valence-corrected chi connectivity index (χ2v) is 0. The average molecular weight is 233 g/mol. The summed E-state index contributed by atoms with van der Waals surface area (Å²) in [5.41, 5.74) is 0. The molecule has 1 radical (unpaired) electrons. The Morgan fingerprint density at radius 1 is 0.571 bits per heavy atom. The van der Waals surface area contributed by atoms with Gasteiger partial charge in [0.05, 0.1) is 0 Å². The van der Waals surface area contributed by atoms with E-state index in [0.717, 1.165) is 0 Å². The van der Waals surface area contributed by atoms with Crippen LogP contribution in [-0.2, 0) is 67.6 Å². The van der Waals surface area contributed by atoms with Crippen molar-refractivity contribution < 1.29 is 73.1 Å². The normalized spacial score (nSPS) is 0. The predicted molar refractivity (Wildman–Crippen MR) is 5.67 cm³/mol.